The first kappa shape index (κ1) is 16.0. The number of carbonyl (C=O) groups excluding carboxylic acids is 1. The summed E-state index contributed by atoms with van der Waals surface area (Å²) in [4.78, 5) is 14.2. The largest absolute Gasteiger partial charge is 0.504 e. The number of nitrogens with one attached hydrogen (secondary N) is 1. The second-order valence-corrected chi connectivity index (χ2v) is 5.73. The summed E-state index contributed by atoms with van der Waals surface area (Å²) in [6, 6.07) is 12.4. The number of aromatic hydroxyl groups is 1. The van der Waals surface area contributed by atoms with E-state index < -0.39 is 0 Å². The maximum absolute atomic E-state index is 12.7. The van der Waals surface area contributed by atoms with Crippen LogP contribution in [0.15, 0.2) is 48.2 Å². The van der Waals surface area contributed by atoms with Crippen LogP contribution in [0.5, 0.6) is 11.5 Å². The number of aryl methyl sites for hydroxylation is 1. The zero-order valence-corrected chi connectivity index (χ0v) is 14.1. The first-order valence-electron chi connectivity index (χ1n) is 7.31. The molecule has 1 amide bonds. The number of amides is 1. The highest BCUT2D eigenvalue weighted by Crippen LogP contribution is 2.29. The monoisotopic (exact) mass is 340 g/mol. The number of rotatable bonds is 3. The molecule has 2 aromatic rings. The number of carbonyl (C=O) groups is 1. The molecule has 0 aliphatic carbocycles. The van der Waals surface area contributed by atoms with Gasteiger partial charge in [0.15, 0.2) is 16.6 Å². The van der Waals surface area contributed by atoms with Crippen LogP contribution in [0.2, 0.25) is 0 Å². The average Bonchev–Trinajstić information content (AvgIpc) is 2.84. The van der Waals surface area contributed by atoms with E-state index in [2.05, 4.69) is 5.32 Å². The van der Waals surface area contributed by atoms with Gasteiger partial charge in [-0.1, -0.05) is 24.3 Å². The van der Waals surface area contributed by atoms with Gasteiger partial charge in [-0.3, -0.25) is 9.69 Å². The molecule has 0 radical (unpaired) electrons. The summed E-state index contributed by atoms with van der Waals surface area (Å²) in [6.45, 7) is 1.93. The van der Waals surface area contributed by atoms with Crippen LogP contribution in [0.25, 0.3) is 6.08 Å². The maximum atomic E-state index is 12.7. The number of benzene rings is 2. The number of phenolic OH excluding ortho intramolecular Hbond substituents is 1. The SMILES string of the molecule is COc1cc(/C=C2\NC(=S)N(c3ccccc3C)C2=O)ccc1O. The lowest BCUT2D eigenvalue weighted by atomic mass is 10.1. The molecule has 2 N–H and O–H groups in total. The molecule has 3 rings (SSSR count). The lowest BCUT2D eigenvalue weighted by Crippen LogP contribution is -2.30. The lowest BCUT2D eigenvalue weighted by molar-refractivity contribution is -0.113. The quantitative estimate of drug-likeness (QED) is 0.664. The maximum Gasteiger partial charge on any atom is 0.281 e. The van der Waals surface area contributed by atoms with Crippen molar-refractivity contribution in [2.24, 2.45) is 0 Å². The van der Waals surface area contributed by atoms with Crippen molar-refractivity contribution < 1.29 is 14.6 Å². The summed E-state index contributed by atoms with van der Waals surface area (Å²) in [5, 5.41) is 12.9. The topological polar surface area (TPSA) is 61.8 Å². The molecule has 1 fully saturated rings. The number of para-hydroxylation sites is 1. The molecule has 24 heavy (non-hydrogen) atoms. The molecule has 0 atom stereocenters. The number of nitrogens with zero attached hydrogens (tertiary/aromatic N) is 1. The standard InChI is InChI=1S/C18H16N2O3S/c1-11-5-3-4-6-14(11)20-17(22)13(19-18(20)24)9-12-7-8-15(21)16(10-12)23-2/h3-10,21H,1-2H3,(H,19,24)/b13-9-. The highest BCUT2D eigenvalue weighted by molar-refractivity contribution is 7.80. The van der Waals surface area contributed by atoms with E-state index in [4.69, 9.17) is 17.0 Å². The Morgan fingerprint density at radius 1 is 1.25 bits per heavy atom. The van der Waals surface area contributed by atoms with Crippen LogP contribution in [0.3, 0.4) is 0 Å². The average molecular weight is 340 g/mol. The van der Waals surface area contributed by atoms with E-state index in [0.29, 0.717) is 16.6 Å². The summed E-state index contributed by atoms with van der Waals surface area (Å²) in [6.07, 6.45) is 1.68. The fraction of sp³-hybridized carbons (Fsp3) is 0.111. The molecule has 0 bridgehead atoms. The van der Waals surface area contributed by atoms with Crippen molar-refractivity contribution in [2.75, 3.05) is 12.0 Å². The number of thiocarbonyl (C=S) groups is 1. The molecule has 6 heteroatoms. The molecule has 122 valence electrons. The van der Waals surface area contributed by atoms with Gasteiger partial charge in [-0.05, 0) is 54.5 Å². The van der Waals surface area contributed by atoms with E-state index in [9.17, 15) is 9.90 Å². The molecule has 1 aliphatic heterocycles. The normalized spacial score (nSPS) is 15.8. The molecule has 2 aromatic carbocycles. The van der Waals surface area contributed by atoms with Crippen LogP contribution in [0.4, 0.5) is 5.69 Å². The van der Waals surface area contributed by atoms with Crippen molar-refractivity contribution in [3.63, 3.8) is 0 Å². The number of phenols is 1. The molecule has 5 nitrogen and oxygen atoms in total. The molecular formula is C18H16N2O3S. The van der Waals surface area contributed by atoms with Gasteiger partial charge in [-0.2, -0.15) is 0 Å². The lowest BCUT2D eigenvalue weighted by Gasteiger charge is -2.16. The Balaban J connectivity index is 1.96. The van der Waals surface area contributed by atoms with Gasteiger partial charge in [0, 0.05) is 0 Å². The van der Waals surface area contributed by atoms with Gasteiger partial charge < -0.3 is 15.2 Å². The van der Waals surface area contributed by atoms with Crippen molar-refractivity contribution >= 4 is 35.0 Å². The van der Waals surface area contributed by atoms with E-state index in [-0.39, 0.29) is 11.7 Å². The van der Waals surface area contributed by atoms with Gasteiger partial charge >= 0.3 is 0 Å². The molecular weight excluding hydrogens is 324 g/mol. The third-order valence-electron chi connectivity index (χ3n) is 3.75. The third-order valence-corrected chi connectivity index (χ3v) is 4.03. The van der Waals surface area contributed by atoms with E-state index in [1.54, 1.807) is 18.2 Å². The number of methoxy groups -OCH3 is 1. The van der Waals surface area contributed by atoms with Crippen LogP contribution in [-0.4, -0.2) is 23.2 Å². The van der Waals surface area contributed by atoms with Crippen LogP contribution in [0.1, 0.15) is 11.1 Å². The number of hydrogen-bond acceptors (Lipinski definition) is 4. The predicted molar refractivity (Wildman–Crippen MR) is 97.0 cm³/mol. The minimum absolute atomic E-state index is 0.0439. The Kier molecular flexibility index (Phi) is 4.22. The Labute approximate surface area is 145 Å². The smallest absolute Gasteiger partial charge is 0.281 e. The summed E-state index contributed by atoms with van der Waals surface area (Å²) in [5.41, 5.74) is 2.81. The van der Waals surface area contributed by atoms with E-state index >= 15 is 0 Å². The van der Waals surface area contributed by atoms with Gasteiger partial charge in [0.25, 0.3) is 5.91 Å². The molecule has 0 unspecified atom stereocenters. The Bertz CT molecular complexity index is 861. The van der Waals surface area contributed by atoms with Crippen LogP contribution in [-0.2, 0) is 4.79 Å². The van der Waals surface area contributed by atoms with Crippen molar-refractivity contribution in [1.29, 1.82) is 0 Å². The van der Waals surface area contributed by atoms with E-state index in [1.165, 1.54) is 18.1 Å². The first-order chi connectivity index (χ1) is 11.5. The fourth-order valence-electron chi connectivity index (χ4n) is 2.52. The van der Waals surface area contributed by atoms with Gasteiger partial charge in [-0.15, -0.1) is 0 Å². The van der Waals surface area contributed by atoms with Crippen LogP contribution >= 0.6 is 12.2 Å². The Morgan fingerprint density at radius 3 is 2.71 bits per heavy atom. The molecule has 0 saturated carbocycles. The van der Waals surface area contributed by atoms with Crippen LogP contribution in [0, 0.1) is 6.92 Å². The van der Waals surface area contributed by atoms with E-state index in [1.807, 2.05) is 31.2 Å². The zero-order valence-electron chi connectivity index (χ0n) is 13.2. The highest BCUT2D eigenvalue weighted by atomic mass is 32.1. The molecule has 1 aliphatic rings. The predicted octanol–water partition coefficient (Wildman–Crippen LogP) is 2.97. The molecule has 0 spiro atoms. The number of anilines is 1. The van der Waals surface area contributed by atoms with Gasteiger partial charge in [0.2, 0.25) is 0 Å². The summed E-state index contributed by atoms with van der Waals surface area (Å²) >= 11 is 5.31. The summed E-state index contributed by atoms with van der Waals surface area (Å²) in [5.74, 6) is 0.164. The fourth-order valence-corrected chi connectivity index (χ4v) is 2.81. The molecule has 1 heterocycles. The summed E-state index contributed by atoms with van der Waals surface area (Å²) in [7, 11) is 1.47. The minimum atomic E-state index is -0.221. The number of hydrogen-bond donors (Lipinski definition) is 2. The van der Waals surface area contributed by atoms with Gasteiger partial charge in [0.05, 0.1) is 12.8 Å². The summed E-state index contributed by atoms with van der Waals surface area (Å²) < 4.78 is 5.08. The third kappa shape index (κ3) is 2.83. The Hall–Kier alpha value is -2.86. The van der Waals surface area contributed by atoms with E-state index in [0.717, 1.165) is 16.8 Å². The zero-order chi connectivity index (χ0) is 17.3. The minimum Gasteiger partial charge on any atom is -0.504 e. The van der Waals surface area contributed by atoms with Crippen LogP contribution < -0.4 is 15.0 Å². The Morgan fingerprint density at radius 2 is 2.00 bits per heavy atom. The molecule has 0 aromatic heterocycles. The van der Waals surface area contributed by atoms with Crippen molar-refractivity contribution in [1.82, 2.24) is 5.32 Å². The highest BCUT2D eigenvalue weighted by Gasteiger charge is 2.32. The van der Waals surface area contributed by atoms with Crippen molar-refractivity contribution in [2.45, 2.75) is 6.92 Å². The van der Waals surface area contributed by atoms with Gasteiger partial charge in [-0.25, -0.2) is 0 Å². The molecule has 1 saturated heterocycles. The first-order valence-corrected chi connectivity index (χ1v) is 7.72. The van der Waals surface area contributed by atoms with Gasteiger partial charge in [0.1, 0.15) is 5.70 Å². The second kappa shape index (κ2) is 6.33. The van der Waals surface area contributed by atoms with Crippen molar-refractivity contribution in [3.05, 3.63) is 59.3 Å². The van der Waals surface area contributed by atoms with Crippen molar-refractivity contribution in [3.8, 4) is 11.5 Å². The number of ether oxygens (including phenoxy) is 1. The second-order valence-electron chi connectivity index (χ2n) is 5.35.